The Kier molecular flexibility index (Phi) is 4.18. The normalized spacial score (nSPS) is 11.2. The molecule has 6 nitrogen and oxygen atoms in total. The molecule has 24 heavy (non-hydrogen) atoms. The van der Waals surface area contributed by atoms with E-state index in [0.29, 0.717) is 5.69 Å². The van der Waals surface area contributed by atoms with Gasteiger partial charge in [0.2, 0.25) is 18.3 Å². The zero-order chi connectivity index (χ0) is 17.2. The van der Waals surface area contributed by atoms with Crippen molar-refractivity contribution in [3.05, 3.63) is 67.0 Å². The van der Waals surface area contributed by atoms with Crippen LogP contribution in [0.4, 0.5) is 5.69 Å². The van der Waals surface area contributed by atoms with E-state index in [0.717, 1.165) is 15.5 Å². The minimum atomic E-state index is -3.94. The molecule has 0 unspecified atom stereocenters. The van der Waals surface area contributed by atoms with Crippen LogP contribution in [0.25, 0.3) is 10.8 Å². The maximum absolute atomic E-state index is 12.4. The molecule has 0 aliphatic carbocycles. The molecule has 1 N–H and O–H groups in total. The molecule has 0 saturated carbocycles. The predicted molar refractivity (Wildman–Crippen MR) is 88.7 cm³/mol. The molecular formula is C17H15N2O4S+. The quantitative estimate of drug-likeness (QED) is 0.734. The molecule has 2 aromatic carbocycles. The predicted octanol–water partition coefficient (Wildman–Crippen LogP) is 1.90. The molecule has 1 heterocycles. The SMILES string of the molecule is CC(=O)Nc1ccc2cc(S(=O)(=O)O[n+]3ccccc3)ccc2c1. The molecule has 1 amide bonds. The number of nitrogens with zero attached hydrogens (tertiary/aromatic N) is 1. The third-order valence-corrected chi connectivity index (χ3v) is 4.49. The lowest BCUT2D eigenvalue weighted by atomic mass is 10.1. The highest BCUT2D eigenvalue weighted by Crippen LogP contribution is 2.22. The van der Waals surface area contributed by atoms with Crippen molar-refractivity contribution in [1.29, 1.82) is 0 Å². The number of fused-ring (bicyclic) bond motifs is 1. The Morgan fingerprint density at radius 2 is 1.67 bits per heavy atom. The maximum Gasteiger partial charge on any atom is 0.396 e. The molecule has 0 radical (unpaired) electrons. The van der Waals surface area contributed by atoms with Crippen molar-refractivity contribution in [2.75, 3.05) is 5.32 Å². The van der Waals surface area contributed by atoms with Gasteiger partial charge in [0.25, 0.3) is 0 Å². The van der Waals surface area contributed by atoms with Crippen LogP contribution in [0.3, 0.4) is 0 Å². The Morgan fingerprint density at radius 1 is 1.00 bits per heavy atom. The molecule has 0 fully saturated rings. The van der Waals surface area contributed by atoms with Crippen LogP contribution in [-0.2, 0) is 14.9 Å². The summed E-state index contributed by atoms with van der Waals surface area (Å²) in [6.07, 6.45) is 3.00. The largest absolute Gasteiger partial charge is 0.396 e. The van der Waals surface area contributed by atoms with Crippen molar-refractivity contribution >= 4 is 32.5 Å². The Bertz CT molecular complexity index is 1000. The maximum atomic E-state index is 12.4. The second kappa shape index (κ2) is 6.29. The summed E-state index contributed by atoms with van der Waals surface area (Å²) >= 11 is 0. The lowest BCUT2D eigenvalue weighted by Gasteiger charge is -2.06. The van der Waals surface area contributed by atoms with Gasteiger partial charge in [-0.25, -0.2) is 0 Å². The molecule has 122 valence electrons. The van der Waals surface area contributed by atoms with E-state index in [-0.39, 0.29) is 10.8 Å². The molecule has 0 atom stereocenters. The number of aromatic nitrogens is 1. The van der Waals surface area contributed by atoms with Crippen molar-refractivity contribution in [3.63, 3.8) is 0 Å². The summed E-state index contributed by atoms with van der Waals surface area (Å²) in [6, 6.07) is 15.0. The summed E-state index contributed by atoms with van der Waals surface area (Å²) < 4.78 is 30.9. The van der Waals surface area contributed by atoms with Crippen LogP contribution in [0.5, 0.6) is 0 Å². The summed E-state index contributed by atoms with van der Waals surface area (Å²) in [4.78, 5) is 11.2. The summed E-state index contributed by atoms with van der Waals surface area (Å²) in [5.74, 6) is -0.165. The van der Waals surface area contributed by atoms with E-state index in [4.69, 9.17) is 4.28 Å². The lowest BCUT2D eigenvalue weighted by Crippen LogP contribution is -2.44. The van der Waals surface area contributed by atoms with Gasteiger partial charge in [0.15, 0.2) is 0 Å². The fraction of sp³-hybridized carbons (Fsp3) is 0.0588. The Balaban J connectivity index is 1.94. The third-order valence-electron chi connectivity index (χ3n) is 3.29. The van der Waals surface area contributed by atoms with Crippen LogP contribution in [0.15, 0.2) is 71.9 Å². The minimum absolute atomic E-state index is 0.0543. The molecule has 0 aliphatic rings. The summed E-state index contributed by atoms with van der Waals surface area (Å²) in [5, 5.41) is 4.23. The van der Waals surface area contributed by atoms with Crippen LogP contribution in [0.1, 0.15) is 6.92 Å². The molecule has 0 saturated heterocycles. The monoisotopic (exact) mass is 343 g/mol. The fourth-order valence-corrected chi connectivity index (χ4v) is 3.17. The van der Waals surface area contributed by atoms with Crippen molar-refractivity contribution < 1.29 is 22.2 Å². The van der Waals surface area contributed by atoms with Crippen molar-refractivity contribution in [2.24, 2.45) is 0 Å². The summed E-state index contributed by atoms with van der Waals surface area (Å²) in [6.45, 7) is 1.43. The zero-order valence-electron chi connectivity index (χ0n) is 12.8. The molecule has 1 aromatic heterocycles. The first-order chi connectivity index (χ1) is 11.4. The Morgan fingerprint density at radius 3 is 2.38 bits per heavy atom. The third kappa shape index (κ3) is 3.52. The number of pyridine rings is 1. The zero-order valence-corrected chi connectivity index (χ0v) is 13.7. The number of hydrogen-bond donors (Lipinski definition) is 1. The Hall–Kier alpha value is -2.93. The highest BCUT2D eigenvalue weighted by Gasteiger charge is 2.22. The van der Waals surface area contributed by atoms with Crippen LogP contribution < -0.4 is 14.3 Å². The van der Waals surface area contributed by atoms with Gasteiger partial charge in [0.05, 0.1) is 0 Å². The van der Waals surface area contributed by atoms with Gasteiger partial charge in [-0.1, -0.05) is 18.2 Å². The average Bonchev–Trinajstić information content (AvgIpc) is 2.54. The van der Waals surface area contributed by atoms with E-state index < -0.39 is 10.1 Å². The number of rotatable bonds is 4. The van der Waals surface area contributed by atoms with E-state index >= 15 is 0 Å². The van der Waals surface area contributed by atoms with E-state index in [1.165, 1.54) is 31.5 Å². The molecule has 7 heteroatoms. The number of carbonyl (C=O) groups is 1. The number of hydrogen-bond acceptors (Lipinski definition) is 4. The Labute approximate surface area is 139 Å². The summed E-state index contributed by atoms with van der Waals surface area (Å²) in [5.41, 5.74) is 0.654. The molecular weight excluding hydrogens is 328 g/mol. The van der Waals surface area contributed by atoms with E-state index in [9.17, 15) is 13.2 Å². The van der Waals surface area contributed by atoms with Crippen LogP contribution in [-0.4, -0.2) is 14.3 Å². The van der Waals surface area contributed by atoms with Crippen LogP contribution in [0, 0.1) is 0 Å². The number of benzene rings is 2. The first-order valence-corrected chi connectivity index (χ1v) is 8.57. The standard InChI is InChI=1S/C17H14N2O4S/c1-13(20)18-16-7-5-15-12-17(8-6-14(15)11-16)24(21,22)23-19-9-3-2-4-10-19/h2-12H,1H3/p+1. The highest BCUT2D eigenvalue weighted by atomic mass is 32.2. The molecule has 0 aliphatic heterocycles. The smallest absolute Gasteiger partial charge is 0.326 e. The fourth-order valence-electron chi connectivity index (χ4n) is 2.25. The number of nitrogens with one attached hydrogen (secondary N) is 1. The second-order valence-corrected chi connectivity index (χ2v) is 6.70. The van der Waals surface area contributed by atoms with Crippen molar-refractivity contribution in [2.45, 2.75) is 11.8 Å². The molecule has 0 bridgehead atoms. The van der Waals surface area contributed by atoms with Gasteiger partial charge >= 0.3 is 10.1 Å². The first-order valence-electron chi connectivity index (χ1n) is 7.17. The van der Waals surface area contributed by atoms with Crippen molar-refractivity contribution in [3.8, 4) is 0 Å². The first kappa shape index (κ1) is 15.9. The molecule has 3 rings (SSSR count). The molecule has 0 spiro atoms. The van der Waals surface area contributed by atoms with E-state index in [1.54, 1.807) is 42.5 Å². The van der Waals surface area contributed by atoms with Gasteiger partial charge in [-0.2, -0.15) is 8.42 Å². The van der Waals surface area contributed by atoms with Gasteiger partial charge in [0.1, 0.15) is 4.90 Å². The molecule has 3 aromatic rings. The van der Waals surface area contributed by atoms with Crippen LogP contribution in [0.2, 0.25) is 0 Å². The van der Waals surface area contributed by atoms with Crippen LogP contribution >= 0.6 is 0 Å². The number of anilines is 1. The second-order valence-electron chi connectivity index (χ2n) is 5.17. The van der Waals surface area contributed by atoms with Gasteiger partial charge in [-0.05, 0) is 35.0 Å². The number of amides is 1. The van der Waals surface area contributed by atoms with Gasteiger partial charge < -0.3 is 5.32 Å². The minimum Gasteiger partial charge on any atom is -0.326 e. The van der Waals surface area contributed by atoms with Gasteiger partial charge in [-0.15, -0.1) is 4.28 Å². The average molecular weight is 343 g/mol. The van der Waals surface area contributed by atoms with Crippen molar-refractivity contribution in [1.82, 2.24) is 0 Å². The highest BCUT2D eigenvalue weighted by molar-refractivity contribution is 7.86. The number of carbonyl (C=O) groups excluding carboxylic acids is 1. The topological polar surface area (TPSA) is 76.3 Å². The van der Waals surface area contributed by atoms with E-state index in [1.807, 2.05) is 0 Å². The van der Waals surface area contributed by atoms with Gasteiger partial charge in [-0.3, -0.25) is 4.79 Å². The lowest BCUT2D eigenvalue weighted by molar-refractivity contribution is -0.856. The van der Waals surface area contributed by atoms with Gasteiger partial charge in [0, 0.05) is 29.5 Å². The van der Waals surface area contributed by atoms with E-state index in [2.05, 4.69) is 5.32 Å². The summed E-state index contributed by atoms with van der Waals surface area (Å²) in [7, 11) is -3.94.